The normalized spacial score (nSPS) is 11.1. The summed E-state index contributed by atoms with van der Waals surface area (Å²) >= 11 is 0. The molecular weight excluding hydrogens is 394 g/mol. The standard InChI is InChI=1S/C20H19N3O5S/c1-14-10-11-21-23(14)17-8-6-15(7-9-17)20(25)28-13-19(24)22-16-4-3-5-18(12-16)29(2,26)27/h3-12H,13H2,1-2H3,(H,22,24). The van der Waals surface area contributed by atoms with Crippen molar-refractivity contribution in [1.29, 1.82) is 0 Å². The molecule has 0 saturated carbocycles. The number of hydrogen-bond acceptors (Lipinski definition) is 6. The summed E-state index contributed by atoms with van der Waals surface area (Å²) in [5, 5.41) is 6.69. The van der Waals surface area contributed by atoms with Gasteiger partial charge < -0.3 is 10.1 Å². The minimum Gasteiger partial charge on any atom is -0.452 e. The number of esters is 1. The molecule has 0 spiro atoms. The second-order valence-corrected chi connectivity index (χ2v) is 8.37. The van der Waals surface area contributed by atoms with Crippen molar-refractivity contribution in [3.8, 4) is 5.69 Å². The predicted molar refractivity (Wildman–Crippen MR) is 107 cm³/mol. The van der Waals surface area contributed by atoms with Crippen LogP contribution < -0.4 is 5.32 Å². The average Bonchev–Trinajstić information content (AvgIpc) is 3.12. The Bertz CT molecular complexity index is 1150. The summed E-state index contributed by atoms with van der Waals surface area (Å²) in [6.45, 7) is 1.42. The van der Waals surface area contributed by atoms with E-state index in [0.717, 1.165) is 17.6 Å². The van der Waals surface area contributed by atoms with E-state index < -0.39 is 28.3 Å². The molecule has 0 fully saturated rings. The first kappa shape index (κ1) is 20.3. The Hall–Kier alpha value is -3.46. The second-order valence-electron chi connectivity index (χ2n) is 6.36. The van der Waals surface area contributed by atoms with Crippen molar-refractivity contribution in [1.82, 2.24) is 9.78 Å². The molecule has 0 saturated heterocycles. The first-order chi connectivity index (χ1) is 13.7. The minimum absolute atomic E-state index is 0.0832. The van der Waals surface area contributed by atoms with Crippen LogP contribution in [0.2, 0.25) is 0 Å². The summed E-state index contributed by atoms with van der Waals surface area (Å²) in [4.78, 5) is 24.2. The van der Waals surface area contributed by atoms with Crippen molar-refractivity contribution in [2.75, 3.05) is 18.2 Å². The monoisotopic (exact) mass is 413 g/mol. The number of carbonyl (C=O) groups excluding carboxylic acids is 2. The lowest BCUT2D eigenvalue weighted by atomic mass is 10.2. The summed E-state index contributed by atoms with van der Waals surface area (Å²) in [7, 11) is -3.39. The van der Waals surface area contributed by atoms with Gasteiger partial charge in [0.1, 0.15) is 0 Å². The van der Waals surface area contributed by atoms with E-state index in [4.69, 9.17) is 4.74 Å². The average molecular weight is 413 g/mol. The number of carbonyl (C=O) groups is 2. The number of hydrogen-bond donors (Lipinski definition) is 1. The smallest absolute Gasteiger partial charge is 0.338 e. The molecule has 0 radical (unpaired) electrons. The lowest BCUT2D eigenvalue weighted by molar-refractivity contribution is -0.119. The van der Waals surface area contributed by atoms with Gasteiger partial charge in [-0.05, 0) is 55.5 Å². The number of aromatic nitrogens is 2. The van der Waals surface area contributed by atoms with Crippen LogP contribution in [0.4, 0.5) is 5.69 Å². The van der Waals surface area contributed by atoms with E-state index in [1.54, 1.807) is 41.2 Å². The molecule has 2 aromatic carbocycles. The number of benzene rings is 2. The molecule has 29 heavy (non-hydrogen) atoms. The molecule has 0 aliphatic rings. The molecule has 8 nitrogen and oxygen atoms in total. The van der Waals surface area contributed by atoms with Crippen molar-refractivity contribution in [2.45, 2.75) is 11.8 Å². The molecule has 150 valence electrons. The van der Waals surface area contributed by atoms with Gasteiger partial charge in [0.15, 0.2) is 16.4 Å². The van der Waals surface area contributed by atoms with Crippen LogP contribution in [-0.2, 0) is 19.4 Å². The molecule has 3 rings (SSSR count). The van der Waals surface area contributed by atoms with Gasteiger partial charge in [-0.25, -0.2) is 17.9 Å². The Morgan fingerprint density at radius 1 is 1.10 bits per heavy atom. The van der Waals surface area contributed by atoms with Gasteiger partial charge in [-0.2, -0.15) is 5.10 Å². The summed E-state index contributed by atoms with van der Waals surface area (Å²) in [6, 6.07) is 14.3. The topological polar surface area (TPSA) is 107 Å². The van der Waals surface area contributed by atoms with Crippen molar-refractivity contribution in [2.24, 2.45) is 0 Å². The van der Waals surface area contributed by atoms with E-state index in [2.05, 4.69) is 10.4 Å². The molecular formula is C20H19N3O5S. The van der Waals surface area contributed by atoms with Crippen molar-refractivity contribution in [3.63, 3.8) is 0 Å². The number of ether oxygens (including phenoxy) is 1. The van der Waals surface area contributed by atoms with Crippen molar-refractivity contribution < 1.29 is 22.7 Å². The summed E-state index contributed by atoms with van der Waals surface area (Å²) in [6.07, 6.45) is 2.76. The molecule has 1 heterocycles. The lowest BCUT2D eigenvalue weighted by Gasteiger charge is -2.08. The van der Waals surface area contributed by atoms with Crippen LogP contribution >= 0.6 is 0 Å². The molecule has 0 bridgehead atoms. The number of rotatable bonds is 6. The number of aryl methyl sites for hydroxylation is 1. The first-order valence-corrected chi connectivity index (χ1v) is 10.5. The van der Waals surface area contributed by atoms with Crippen LogP contribution in [0.15, 0.2) is 65.7 Å². The fourth-order valence-electron chi connectivity index (χ4n) is 2.59. The van der Waals surface area contributed by atoms with Gasteiger partial charge in [-0.15, -0.1) is 0 Å². The van der Waals surface area contributed by atoms with Gasteiger partial charge in [0.05, 0.1) is 16.1 Å². The lowest BCUT2D eigenvalue weighted by Crippen LogP contribution is -2.21. The maximum absolute atomic E-state index is 12.1. The first-order valence-electron chi connectivity index (χ1n) is 8.62. The number of amides is 1. The van der Waals surface area contributed by atoms with Gasteiger partial charge in [0.25, 0.3) is 5.91 Å². The van der Waals surface area contributed by atoms with Gasteiger partial charge in [0, 0.05) is 23.8 Å². The zero-order chi connectivity index (χ0) is 21.0. The largest absolute Gasteiger partial charge is 0.452 e. The van der Waals surface area contributed by atoms with Crippen LogP contribution in [0.1, 0.15) is 16.1 Å². The highest BCUT2D eigenvalue weighted by atomic mass is 32.2. The van der Waals surface area contributed by atoms with E-state index in [1.165, 1.54) is 18.2 Å². The SMILES string of the molecule is Cc1ccnn1-c1ccc(C(=O)OCC(=O)Nc2cccc(S(C)(=O)=O)c2)cc1. The molecule has 9 heteroatoms. The summed E-state index contributed by atoms with van der Waals surface area (Å²) in [5.74, 6) is -1.22. The van der Waals surface area contributed by atoms with Gasteiger partial charge >= 0.3 is 5.97 Å². The highest BCUT2D eigenvalue weighted by molar-refractivity contribution is 7.90. The number of nitrogens with zero attached hydrogens (tertiary/aromatic N) is 2. The molecule has 0 unspecified atom stereocenters. The molecule has 1 aromatic heterocycles. The summed E-state index contributed by atoms with van der Waals surface area (Å²) < 4.78 is 29.9. The van der Waals surface area contributed by atoms with Crippen molar-refractivity contribution in [3.05, 3.63) is 72.1 Å². The van der Waals surface area contributed by atoms with Crippen LogP contribution in [0, 0.1) is 6.92 Å². The molecule has 0 aliphatic heterocycles. The molecule has 3 aromatic rings. The van der Waals surface area contributed by atoms with E-state index in [1.807, 2.05) is 13.0 Å². The van der Waals surface area contributed by atoms with E-state index in [0.29, 0.717) is 11.3 Å². The fraction of sp³-hybridized carbons (Fsp3) is 0.150. The maximum atomic E-state index is 12.1. The summed E-state index contributed by atoms with van der Waals surface area (Å²) in [5.41, 5.74) is 2.35. The zero-order valence-corrected chi connectivity index (χ0v) is 16.6. The Morgan fingerprint density at radius 2 is 1.83 bits per heavy atom. The zero-order valence-electron chi connectivity index (χ0n) is 15.8. The molecule has 1 amide bonds. The van der Waals surface area contributed by atoms with Gasteiger partial charge in [0.2, 0.25) is 0 Å². The van der Waals surface area contributed by atoms with Gasteiger partial charge in [-0.3, -0.25) is 4.79 Å². The van der Waals surface area contributed by atoms with Crippen LogP contribution in [-0.4, -0.2) is 42.9 Å². The third kappa shape index (κ3) is 5.08. The molecule has 0 aliphatic carbocycles. The fourth-order valence-corrected chi connectivity index (χ4v) is 3.26. The third-order valence-corrected chi connectivity index (χ3v) is 5.17. The Balaban J connectivity index is 1.58. The predicted octanol–water partition coefficient (Wildman–Crippen LogP) is 2.38. The van der Waals surface area contributed by atoms with Crippen molar-refractivity contribution >= 4 is 27.4 Å². The second kappa shape index (κ2) is 8.27. The molecule has 0 atom stereocenters. The van der Waals surface area contributed by atoms with Crippen LogP contribution in [0.3, 0.4) is 0 Å². The Labute approximate surface area is 168 Å². The van der Waals surface area contributed by atoms with Gasteiger partial charge in [-0.1, -0.05) is 6.07 Å². The maximum Gasteiger partial charge on any atom is 0.338 e. The highest BCUT2D eigenvalue weighted by Gasteiger charge is 2.13. The van der Waals surface area contributed by atoms with Crippen LogP contribution in [0.5, 0.6) is 0 Å². The Morgan fingerprint density at radius 3 is 2.45 bits per heavy atom. The number of nitrogens with one attached hydrogen (secondary N) is 1. The van der Waals surface area contributed by atoms with E-state index >= 15 is 0 Å². The number of sulfone groups is 1. The Kier molecular flexibility index (Phi) is 5.79. The highest BCUT2D eigenvalue weighted by Crippen LogP contribution is 2.15. The quantitative estimate of drug-likeness (QED) is 0.622. The van der Waals surface area contributed by atoms with E-state index in [-0.39, 0.29) is 4.90 Å². The molecule has 1 N–H and O–H groups in total. The van der Waals surface area contributed by atoms with E-state index in [9.17, 15) is 18.0 Å². The third-order valence-electron chi connectivity index (χ3n) is 4.06. The van der Waals surface area contributed by atoms with Crippen LogP contribution in [0.25, 0.3) is 5.69 Å². The minimum atomic E-state index is -3.39. The number of anilines is 1.